The number of nitrogens with one attached hydrogen (secondary N) is 1. The molecular formula is C11H17N3O2. The van der Waals surface area contributed by atoms with Crippen molar-refractivity contribution in [1.82, 2.24) is 0 Å². The minimum absolute atomic E-state index is 0.0360. The zero-order valence-electron chi connectivity index (χ0n) is 9.56. The van der Waals surface area contributed by atoms with E-state index in [-0.39, 0.29) is 5.90 Å². The Labute approximate surface area is 95.2 Å². The van der Waals surface area contributed by atoms with Crippen LogP contribution in [0.3, 0.4) is 0 Å². The van der Waals surface area contributed by atoms with Crippen LogP contribution in [0.4, 0.5) is 5.69 Å². The number of nitrogens with two attached hydrogens (primary N) is 1. The van der Waals surface area contributed by atoms with Crippen LogP contribution in [0.15, 0.2) is 24.3 Å². The van der Waals surface area contributed by atoms with E-state index in [1.165, 1.54) is 0 Å². The number of anilines is 1. The molecule has 0 amide bonds. The van der Waals surface area contributed by atoms with E-state index < -0.39 is 0 Å². The molecule has 0 unspecified atom stereocenters. The minimum Gasteiger partial charge on any atom is -0.391 e. The Kier molecular flexibility index (Phi) is 4.75. The van der Waals surface area contributed by atoms with Crippen LogP contribution < -0.4 is 10.8 Å². The summed E-state index contributed by atoms with van der Waals surface area (Å²) in [6.45, 7) is 1.50. The van der Waals surface area contributed by atoms with Gasteiger partial charge < -0.3 is 14.5 Å². The first-order chi connectivity index (χ1) is 7.69. The van der Waals surface area contributed by atoms with E-state index >= 15 is 0 Å². The predicted octanol–water partition coefficient (Wildman–Crippen LogP) is 0.985. The van der Waals surface area contributed by atoms with Gasteiger partial charge in [0.2, 0.25) is 5.90 Å². The van der Waals surface area contributed by atoms with E-state index in [2.05, 4.69) is 9.74 Å². The lowest BCUT2D eigenvalue weighted by atomic mass is 10.2. The molecule has 0 saturated heterocycles. The van der Waals surface area contributed by atoms with Gasteiger partial charge in [0.25, 0.3) is 0 Å². The van der Waals surface area contributed by atoms with Crippen molar-refractivity contribution in [3.8, 4) is 0 Å². The van der Waals surface area contributed by atoms with Crippen molar-refractivity contribution < 1.29 is 9.57 Å². The van der Waals surface area contributed by atoms with E-state index in [0.717, 1.165) is 12.2 Å². The molecule has 5 nitrogen and oxygen atoms in total. The molecule has 0 atom stereocenters. The molecule has 3 N–H and O–H groups in total. The van der Waals surface area contributed by atoms with Crippen LogP contribution in [-0.2, 0) is 9.57 Å². The maximum Gasteiger partial charge on any atom is 0.237 e. The molecule has 0 saturated carbocycles. The second kappa shape index (κ2) is 6.09. The fourth-order valence-corrected chi connectivity index (χ4v) is 1.29. The fourth-order valence-electron chi connectivity index (χ4n) is 1.29. The van der Waals surface area contributed by atoms with Gasteiger partial charge in [-0.05, 0) is 24.3 Å². The van der Waals surface area contributed by atoms with Crippen LogP contribution in [0.5, 0.6) is 0 Å². The maximum atomic E-state index is 7.39. The van der Waals surface area contributed by atoms with Crippen molar-refractivity contribution in [3.05, 3.63) is 29.8 Å². The molecule has 16 heavy (non-hydrogen) atoms. The van der Waals surface area contributed by atoms with Gasteiger partial charge in [0, 0.05) is 32.0 Å². The third kappa shape index (κ3) is 3.22. The van der Waals surface area contributed by atoms with Gasteiger partial charge in [-0.1, -0.05) is 0 Å². The topological polar surface area (TPSA) is 71.6 Å². The molecule has 0 aliphatic carbocycles. The van der Waals surface area contributed by atoms with E-state index in [1.807, 2.05) is 19.2 Å². The first-order valence-corrected chi connectivity index (χ1v) is 4.95. The van der Waals surface area contributed by atoms with Crippen LogP contribution in [0.25, 0.3) is 0 Å². The van der Waals surface area contributed by atoms with Crippen LogP contribution in [0.2, 0.25) is 0 Å². The Bertz CT molecular complexity index is 338. The van der Waals surface area contributed by atoms with Crippen molar-refractivity contribution in [1.29, 1.82) is 5.41 Å². The van der Waals surface area contributed by atoms with Crippen LogP contribution in [0.1, 0.15) is 5.56 Å². The fraction of sp³-hybridized carbons (Fsp3) is 0.364. The Morgan fingerprint density at radius 2 is 2.00 bits per heavy atom. The van der Waals surface area contributed by atoms with Gasteiger partial charge in [0.05, 0.1) is 6.61 Å². The first-order valence-electron chi connectivity index (χ1n) is 4.95. The number of nitrogens with zero attached hydrogens (tertiary/aromatic N) is 1. The Morgan fingerprint density at radius 3 is 2.50 bits per heavy atom. The molecule has 0 aliphatic heterocycles. The van der Waals surface area contributed by atoms with Gasteiger partial charge in [0.15, 0.2) is 0 Å². The highest BCUT2D eigenvalue weighted by molar-refractivity contribution is 5.91. The second-order valence-corrected chi connectivity index (χ2v) is 3.41. The molecule has 0 bridgehead atoms. The van der Waals surface area contributed by atoms with Gasteiger partial charge in [0.1, 0.15) is 0 Å². The number of ether oxygens (including phenoxy) is 1. The summed E-state index contributed by atoms with van der Waals surface area (Å²) < 4.78 is 5.00. The molecule has 1 rings (SSSR count). The molecule has 0 radical (unpaired) electrons. The quantitative estimate of drug-likeness (QED) is 0.443. The summed E-state index contributed by atoms with van der Waals surface area (Å²) in [6.07, 6.45) is 0. The summed E-state index contributed by atoms with van der Waals surface area (Å²) in [6, 6.07) is 7.43. The van der Waals surface area contributed by atoms with E-state index in [9.17, 15) is 0 Å². The largest absolute Gasteiger partial charge is 0.391 e. The number of rotatable bonds is 5. The molecule has 0 spiro atoms. The number of methoxy groups -OCH3 is 1. The van der Waals surface area contributed by atoms with Gasteiger partial charge in [-0.3, -0.25) is 5.41 Å². The SMILES string of the molecule is COCCN(C)c1ccc(C(=N)ON)cc1. The summed E-state index contributed by atoms with van der Waals surface area (Å²) in [5.74, 6) is 4.88. The molecule has 88 valence electrons. The molecule has 1 aromatic rings. The monoisotopic (exact) mass is 223 g/mol. The lowest BCUT2D eigenvalue weighted by Gasteiger charge is -2.18. The van der Waals surface area contributed by atoms with E-state index in [4.69, 9.17) is 16.0 Å². The molecule has 5 heteroatoms. The zero-order valence-corrected chi connectivity index (χ0v) is 9.56. The third-order valence-electron chi connectivity index (χ3n) is 2.32. The standard InChI is InChI=1S/C11H17N3O2/c1-14(7-8-15-2)10-5-3-9(4-6-10)11(12)16-13/h3-6,12H,7-8,13H2,1-2H3. The van der Waals surface area contributed by atoms with Crippen LogP contribution in [0, 0.1) is 5.41 Å². The Morgan fingerprint density at radius 1 is 1.38 bits per heavy atom. The van der Waals surface area contributed by atoms with E-state index in [1.54, 1.807) is 19.2 Å². The first kappa shape index (κ1) is 12.5. The molecule has 1 aromatic carbocycles. The van der Waals surface area contributed by atoms with Crippen molar-refractivity contribution in [2.24, 2.45) is 5.90 Å². The highest BCUT2D eigenvalue weighted by atomic mass is 16.6. The van der Waals surface area contributed by atoms with E-state index in [0.29, 0.717) is 12.2 Å². The molecule has 0 heterocycles. The van der Waals surface area contributed by atoms with Crippen LogP contribution in [-0.4, -0.2) is 33.2 Å². The zero-order chi connectivity index (χ0) is 12.0. The minimum atomic E-state index is -0.0360. The van der Waals surface area contributed by atoms with Crippen LogP contribution >= 0.6 is 0 Å². The number of likely N-dealkylation sites (N-methyl/N-ethyl adjacent to an activating group) is 1. The second-order valence-electron chi connectivity index (χ2n) is 3.41. The average Bonchev–Trinajstić information content (AvgIpc) is 2.35. The summed E-state index contributed by atoms with van der Waals surface area (Å²) in [4.78, 5) is 6.42. The number of benzene rings is 1. The Hall–Kier alpha value is -1.59. The highest BCUT2D eigenvalue weighted by Crippen LogP contribution is 2.13. The number of hydrogen-bond acceptors (Lipinski definition) is 5. The maximum absolute atomic E-state index is 7.39. The molecule has 0 fully saturated rings. The summed E-state index contributed by atoms with van der Waals surface area (Å²) in [5.41, 5.74) is 1.72. The normalized spacial score (nSPS) is 9.94. The van der Waals surface area contributed by atoms with Gasteiger partial charge in [-0.25, -0.2) is 0 Å². The smallest absolute Gasteiger partial charge is 0.237 e. The molecule has 0 aromatic heterocycles. The average molecular weight is 223 g/mol. The van der Waals surface area contributed by atoms with Crippen molar-refractivity contribution >= 4 is 11.6 Å². The Balaban J connectivity index is 2.67. The molecule has 0 aliphatic rings. The number of hydrogen-bond donors (Lipinski definition) is 2. The molecular weight excluding hydrogens is 206 g/mol. The lowest BCUT2D eigenvalue weighted by molar-refractivity contribution is 0.206. The van der Waals surface area contributed by atoms with Crippen molar-refractivity contribution in [2.75, 3.05) is 32.2 Å². The highest BCUT2D eigenvalue weighted by Gasteiger charge is 2.03. The lowest BCUT2D eigenvalue weighted by Crippen LogP contribution is -2.22. The summed E-state index contributed by atoms with van der Waals surface area (Å²) in [7, 11) is 3.66. The van der Waals surface area contributed by atoms with Crippen molar-refractivity contribution in [3.63, 3.8) is 0 Å². The van der Waals surface area contributed by atoms with Gasteiger partial charge in [-0.15, -0.1) is 0 Å². The van der Waals surface area contributed by atoms with Gasteiger partial charge in [-0.2, -0.15) is 5.90 Å². The van der Waals surface area contributed by atoms with Crippen molar-refractivity contribution in [2.45, 2.75) is 0 Å². The van der Waals surface area contributed by atoms with Gasteiger partial charge >= 0.3 is 0 Å². The summed E-state index contributed by atoms with van der Waals surface area (Å²) in [5, 5.41) is 7.39. The predicted molar refractivity (Wildman–Crippen MR) is 63.7 cm³/mol. The third-order valence-corrected chi connectivity index (χ3v) is 2.32. The summed E-state index contributed by atoms with van der Waals surface area (Å²) >= 11 is 0.